The van der Waals surface area contributed by atoms with Crippen molar-refractivity contribution >= 4 is 28.8 Å². The van der Waals surface area contributed by atoms with Gasteiger partial charge in [-0.3, -0.25) is 14.7 Å². The first-order valence-corrected chi connectivity index (χ1v) is 5.40. The molecule has 0 aromatic carbocycles. The molecule has 1 saturated heterocycles. The average molecular weight is 228 g/mol. The van der Waals surface area contributed by atoms with Crippen LogP contribution in [0.1, 0.15) is 13.8 Å². The molecule has 0 atom stereocenters. The van der Waals surface area contributed by atoms with Crippen molar-refractivity contribution in [1.29, 1.82) is 0 Å². The smallest absolute Gasteiger partial charge is 0.329 e. The first kappa shape index (κ1) is 11.8. The molecular weight excluding hydrogens is 216 g/mol. The number of carboxylic acid groups (broad SMARTS) is 1. The Hall–Kier alpha value is -1.30. The zero-order chi connectivity index (χ0) is 11.4. The molecule has 1 heterocycles. The Bertz CT molecular complexity index is 349. The quantitative estimate of drug-likeness (QED) is 0.729. The molecule has 1 amide bonds. The maximum Gasteiger partial charge on any atom is 0.329 e. The van der Waals surface area contributed by atoms with Gasteiger partial charge < -0.3 is 5.11 Å². The number of likely N-dealkylation sites (N-methyl/N-ethyl adjacent to an activating group) is 1. The van der Waals surface area contributed by atoms with Gasteiger partial charge in [-0.1, -0.05) is 0 Å². The third-order valence-electron chi connectivity index (χ3n) is 1.75. The second kappa shape index (κ2) is 4.97. The Morgan fingerprint density at radius 3 is 2.73 bits per heavy atom. The highest BCUT2D eigenvalue weighted by molar-refractivity contribution is 8.18. The lowest BCUT2D eigenvalue weighted by atomic mass is 10.4. The first-order chi connectivity index (χ1) is 7.10. The van der Waals surface area contributed by atoms with Crippen molar-refractivity contribution in [3.05, 3.63) is 11.0 Å². The molecule has 0 aromatic heterocycles. The topological polar surface area (TPSA) is 70.0 Å². The molecule has 1 aliphatic heterocycles. The minimum Gasteiger partial charge on any atom is -0.478 e. The number of aliphatic imine (C=N–C) groups is 1. The van der Waals surface area contributed by atoms with E-state index in [1.807, 2.05) is 13.8 Å². The van der Waals surface area contributed by atoms with Crippen LogP contribution in [0.25, 0.3) is 0 Å². The molecule has 1 rings (SSSR count). The van der Waals surface area contributed by atoms with Gasteiger partial charge in [0.25, 0.3) is 5.91 Å². The molecule has 6 heteroatoms. The molecule has 0 radical (unpaired) electrons. The van der Waals surface area contributed by atoms with Crippen LogP contribution >= 0.6 is 11.8 Å². The number of hydrogen-bond acceptors (Lipinski definition) is 4. The van der Waals surface area contributed by atoms with Crippen LogP contribution < -0.4 is 0 Å². The second-order valence-corrected chi connectivity index (χ2v) is 3.76. The summed E-state index contributed by atoms with van der Waals surface area (Å²) >= 11 is 1.11. The number of aliphatic carboxylic acids is 1. The van der Waals surface area contributed by atoms with Gasteiger partial charge in [0.2, 0.25) is 0 Å². The van der Waals surface area contributed by atoms with Crippen LogP contribution in [0.15, 0.2) is 16.0 Å². The van der Waals surface area contributed by atoms with E-state index in [9.17, 15) is 9.59 Å². The van der Waals surface area contributed by atoms with Crippen LogP contribution in [0, 0.1) is 0 Å². The van der Waals surface area contributed by atoms with Crippen LogP contribution in [0.5, 0.6) is 0 Å². The van der Waals surface area contributed by atoms with Gasteiger partial charge in [0.1, 0.15) is 0 Å². The minimum absolute atomic E-state index is 0.219. The molecule has 0 aromatic rings. The number of carbonyl (C=O) groups excluding carboxylic acids is 1. The average Bonchev–Trinajstić information content (AvgIpc) is 2.43. The Morgan fingerprint density at radius 1 is 1.60 bits per heavy atom. The summed E-state index contributed by atoms with van der Waals surface area (Å²) in [6.07, 6.45) is 0.924. The maximum atomic E-state index is 11.6. The maximum absolute atomic E-state index is 11.6. The minimum atomic E-state index is -1.11. The van der Waals surface area contributed by atoms with E-state index in [1.165, 1.54) is 4.90 Å². The van der Waals surface area contributed by atoms with Gasteiger partial charge in [-0.05, 0) is 25.6 Å². The molecular formula is C9H12N2O3S. The largest absolute Gasteiger partial charge is 0.478 e. The summed E-state index contributed by atoms with van der Waals surface area (Å²) in [6.45, 7) is 4.77. The fourth-order valence-electron chi connectivity index (χ4n) is 1.15. The van der Waals surface area contributed by atoms with E-state index in [1.54, 1.807) is 0 Å². The van der Waals surface area contributed by atoms with Crippen LogP contribution in [-0.4, -0.2) is 40.1 Å². The van der Waals surface area contributed by atoms with E-state index in [4.69, 9.17) is 5.11 Å². The molecule has 0 unspecified atom stereocenters. The lowest BCUT2D eigenvalue weighted by Gasteiger charge is -2.11. The summed E-state index contributed by atoms with van der Waals surface area (Å²) in [5, 5.41) is 9.15. The van der Waals surface area contributed by atoms with E-state index >= 15 is 0 Å². The standard InChI is InChI=1S/C9H12N2O3S/c1-3-10-9-11(4-2)8(14)6(15-9)5-7(12)13/h5H,3-4H2,1-2H3,(H,12,13)/b6-5-,10-9?. The van der Waals surface area contributed by atoms with Crippen molar-refractivity contribution in [2.24, 2.45) is 4.99 Å². The fraction of sp³-hybridized carbons (Fsp3) is 0.444. The van der Waals surface area contributed by atoms with Gasteiger partial charge in [-0.2, -0.15) is 0 Å². The molecule has 0 aliphatic carbocycles. The van der Waals surface area contributed by atoms with Gasteiger partial charge in [-0.25, -0.2) is 4.79 Å². The van der Waals surface area contributed by atoms with Crippen LogP contribution in [0.3, 0.4) is 0 Å². The van der Waals surface area contributed by atoms with Crippen molar-refractivity contribution < 1.29 is 14.7 Å². The molecule has 1 aliphatic rings. The number of nitrogens with zero attached hydrogens (tertiary/aromatic N) is 2. The predicted octanol–water partition coefficient (Wildman–Crippen LogP) is 0.926. The molecule has 82 valence electrons. The highest BCUT2D eigenvalue weighted by Gasteiger charge is 2.32. The molecule has 15 heavy (non-hydrogen) atoms. The normalized spacial score (nSPS) is 21.7. The Morgan fingerprint density at radius 2 is 2.27 bits per heavy atom. The Kier molecular flexibility index (Phi) is 3.90. The molecule has 1 N–H and O–H groups in total. The van der Waals surface area contributed by atoms with Gasteiger partial charge in [0.15, 0.2) is 5.17 Å². The number of hydrogen-bond donors (Lipinski definition) is 1. The molecule has 1 fully saturated rings. The monoisotopic (exact) mass is 228 g/mol. The number of amidine groups is 1. The van der Waals surface area contributed by atoms with E-state index < -0.39 is 5.97 Å². The van der Waals surface area contributed by atoms with E-state index in [0.717, 1.165) is 17.8 Å². The summed E-state index contributed by atoms with van der Waals surface area (Å²) in [7, 11) is 0. The highest BCUT2D eigenvalue weighted by atomic mass is 32.2. The third kappa shape index (κ3) is 2.59. The van der Waals surface area contributed by atoms with Crippen molar-refractivity contribution in [3.63, 3.8) is 0 Å². The second-order valence-electron chi connectivity index (χ2n) is 2.76. The number of carbonyl (C=O) groups is 2. The van der Waals surface area contributed by atoms with Gasteiger partial charge in [-0.15, -0.1) is 0 Å². The zero-order valence-electron chi connectivity index (χ0n) is 8.56. The predicted molar refractivity (Wildman–Crippen MR) is 58.7 cm³/mol. The molecule has 0 bridgehead atoms. The molecule has 5 nitrogen and oxygen atoms in total. The highest BCUT2D eigenvalue weighted by Crippen LogP contribution is 2.30. The third-order valence-corrected chi connectivity index (χ3v) is 2.80. The summed E-state index contributed by atoms with van der Waals surface area (Å²) in [6, 6.07) is 0. The summed E-state index contributed by atoms with van der Waals surface area (Å²) in [5.74, 6) is -1.39. The van der Waals surface area contributed by atoms with Crippen molar-refractivity contribution in [3.8, 4) is 0 Å². The summed E-state index contributed by atoms with van der Waals surface area (Å²) < 4.78 is 0. The first-order valence-electron chi connectivity index (χ1n) is 4.58. The number of thioether (sulfide) groups is 1. The SMILES string of the molecule is CCN=C1S/C(=C\C(=O)O)C(=O)N1CC. The van der Waals surface area contributed by atoms with E-state index in [-0.39, 0.29) is 10.8 Å². The molecule has 0 saturated carbocycles. The van der Waals surface area contributed by atoms with Crippen molar-refractivity contribution in [1.82, 2.24) is 4.90 Å². The lowest BCUT2D eigenvalue weighted by molar-refractivity contribution is -0.132. The Labute approximate surface area is 91.9 Å². The van der Waals surface area contributed by atoms with Gasteiger partial charge in [0, 0.05) is 19.2 Å². The number of rotatable bonds is 3. The lowest BCUT2D eigenvalue weighted by Crippen LogP contribution is -2.28. The Balaban J connectivity index is 2.97. The fourth-order valence-corrected chi connectivity index (χ4v) is 2.22. The van der Waals surface area contributed by atoms with E-state index in [0.29, 0.717) is 18.3 Å². The van der Waals surface area contributed by atoms with Crippen LogP contribution in [0.2, 0.25) is 0 Å². The van der Waals surface area contributed by atoms with Gasteiger partial charge in [0.05, 0.1) is 4.91 Å². The van der Waals surface area contributed by atoms with Crippen molar-refractivity contribution in [2.75, 3.05) is 13.1 Å². The number of carboxylic acids is 1. The van der Waals surface area contributed by atoms with E-state index in [2.05, 4.69) is 4.99 Å². The summed E-state index contributed by atoms with van der Waals surface area (Å²) in [4.78, 5) is 27.9. The van der Waals surface area contributed by atoms with Gasteiger partial charge >= 0.3 is 5.97 Å². The van der Waals surface area contributed by atoms with Crippen LogP contribution in [-0.2, 0) is 9.59 Å². The zero-order valence-corrected chi connectivity index (χ0v) is 9.37. The van der Waals surface area contributed by atoms with Crippen molar-refractivity contribution in [2.45, 2.75) is 13.8 Å². The number of amides is 1. The molecule has 0 spiro atoms. The van der Waals surface area contributed by atoms with Crippen LogP contribution in [0.4, 0.5) is 0 Å². The summed E-state index contributed by atoms with van der Waals surface area (Å²) in [5.41, 5.74) is 0.